The highest BCUT2D eigenvalue weighted by molar-refractivity contribution is 5.92. The molecule has 3 aromatic rings. The third kappa shape index (κ3) is 3.93. The maximum Gasteiger partial charge on any atom is 0.226 e. The van der Waals surface area contributed by atoms with Crippen LogP contribution in [-0.2, 0) is 11.2 Å². The Labute approximate surface area is 145 Å². The number of carbonyl (C=O) groups is 1. The highest BCUT2D eigenvalue weighted by Gasteiger charge is 2.13. The molecule has 25 heavy (non-hydrogen) atoms. The number of anilines is 1. The number of nitrogens with one attached hydrogen (secondary N) is 1. The van der Waals surface area contributed by atoms with E-state index in [1.165, 1.54) is 0 Å². The Kier molecular flexibility index (Phi) is 4.91. The fraction of sp³-hybridized carbons (Fsp3) is 0.150. The summed E-state index contributed by atoms with van der Waals surface area (Å²) < 4.78 is 5.70. The number of amides is 1. The molecule has 0 spiro atoms. The second kappa shape index (κ2) is 7.45. The summed E-state index contributed by atoms with van der Waals surface area (Å²) in [6.45, 7) is 1.84. The van der Waals surface area contributed by atoms with Crippen LogP contribution in [0.15, 0.2) is 59.0 Å². The Hall–Kier alpha value is -3.39. The van der Waals surface area contributed by atoms with E-state index in [1.54, 1.807) is 24.3 Å². The molecule has 0 atom stereocenters. The van der Waals surface area contributed by atoms with Crippen LogP contribution in [0, 0.1) is 18.3 Å². The maximum atomic E-state index is 12.2. The van der Waals surface area contributed by atoms with Gasteiger partial charge in [-0.1, -0.05) is 30.3 Å². The Bertz CT molecular complexity index is 924. The molecule has 0 aliphatic carbocycles. The molecule has 0 aliphatic heterocycles. The number of nitrogens with zero attached hydrogens (tertiary/aromatic N) is 2. The first kappa shape index (κ1) is 16.5. The number of hydrogen-bond donors (Lipinski definition) is 1. The second-order valence-corrected chi connectivity index (χ2v) is 5.59. The van der Waals surface area contributed by atoms with E-state index in [2.05, 4.69) is 16.4 Å². The van der Waals surface area contributed by atoms with Gasteiger partial charge < -0.3 is 9.73 Å². The lowest BCUT2D eigenvalue weighted by atomic mass is 10.1. The third-order valence-electron chi connectivity index (χ3n) is 3.82. The number of aryl methyl sites for hydroxylation is 2. The van der Waals surface area contributed by atoms with Gasteiger partial charge >= 0.3 is 0 Å². The van der Waals surface area contributed by atoms with Crippen molar-refractivity contribution >= 4 is 11.6 Å². The first-order valence-electron chi connectivity index (χ1n) is 7.98. The molecule has 5 heteroatoms. The first-order valence-corrected chi connectivity index (χ1v) is 7.98. The van der Waals surface area contributed by atoms with Crippen molar-refractivity contribution in [3.8, 4) is 17.5 Å². The first-order chi connectivity index (χ1) is 12.2. The normalized spacial score (nSPS) is 10.2. The topological polar surface area (TPSA) is 78.9 Å². The molecule has 1 amide bonds. The van der Waals surface area contributed by atoms with E-state index in [4.69, 9.17) is 9.68 Å². The van der Waals surface area contributed by atoms with Crippen molar-refractivity contribution in [3.63, 3.8) is 0 Å². The number of carbonyl (C=O) groups excluding carboxylic acids is 1. The number of rotatable bonds is 5. The van der Waals surface area contributed by atoms with Crippen molar-refractivity contribution in [2.75, 3.05) is 5.32 Å². The zero-order chi connectivity index (χ0) is 17.6. The Balaban J connectivity index is 1.65. The Morgan fingerprint density at radius 2 is 1.88 bits per heavy atom. The van der Waals surface area contributed by atoms with Gasteiger partial charge in [-0.25, -0.2) is 4.98 Å². The molecule has 0 saturated carbocycles. The van der Waals surface area contributed by atoms with Crippen LogP contribution in [0.5, 0.6) is 0 Å². The van der Waals surface area contributed by atoms with Crippen molar-refractivity contribution in [3.05, 3.63) is 71.6 Å². The summed E-state index contributed by atoms with van der Waals surface area (Å²) in [5.41, 5.74) is 2.64. The van der Waals surface area contributed by atoms with Gasteiger partial charge in [0.2, 0.25) is 11.8 Å². The molecular formula is C20H17N3O2. The summed E-state index contributed by atoms with van der Waals surface area (Å²) in [7, 11) is 0. The number of nitriles is 1. The van der Waals surface area contributed by atoms with Gasteiger partial charge in [-0.05, 0) is 31.2 Å². The molecule has 0 radical (unpaired) electrons. The van der Waals surface area contributed by atoms with E-state index < -0.39 is 0 Å². The summed E-state index contributed by atoms with van der Waals surface area (Å²) in [5.74, 6) is 1.11. The van der Waals surface area contributed by atoms with Crippen LogP contribution >= 0.6 is 0 Å². The fourth-order valence-corrected chi connectivity index (χ4v) is 2.50. The molecule has 1 N–H and O–H groups in total. The number of oxazole rings is 1. The van der Waals surface area contributed by atoms with Gasteiger partial charge in [0.05, 0.1) is 16.9 Å². The summed E-state index contributed by atoms with van der Waals surface area (Å²) in [5, 5.41) is 11.8. The number of para-hydroxylation sites is 1. The molecule has 124 valence electrons. The highest BCUT2D eigenvalue weighted by Crippen LogP contribution is 2.22. The van der Waals surface area contributed by atoms with Crippen LogP contribution < -0.4 is 5.32 Å². The van der Waals surface area contributed by atoms with Gasteiger partial charge in [0, 0.05) is 18.4 Å². The minimum atomic E-state index is -0.161. The predicted octanol–water partition coefficient (Wildman–Crippen LogP) is 4.09. The van der Waals surface area contributed by atoms with E-state index in [0.717, 1.165) is 11.3 Å². The lowest BCUT2D eigenvalue weighted by molar-refractivity contribution is -0.116. The van der Waals surface area contributed by atoms with Gasteiger partial charge in [0.25, 0.3) is 0 Å². The van der Waals surface area contributed by atoms with Gasteiger partial charge in [0.1, 0.15) is 11.8 Å². The molecule has 0 saturated heterocycles. The lowest BCUT2D eigenvalue weighted by Gasteiger charge is -2.06. The average Bonchev–Trinajstić information content (AvgIpc) is 3.02. The van der Waals surface area contributed by atoms with Crippen LogP contribution in [0.3, 0.4) is 0 Å². The number of benzene rings is 2. The van der Waals surface area contributed by atoms with Crippen molar-refractivity contribution in [2.24, 2.45) is 0 Å². The summed E-state index contributed by atoms with van der Waals surface area (Å²) in [4.78, 5) is 16.7. The minimum absolute atomic E-state index is 0.161. The maximum absolute atomic E-state index is 12.2. The zero-order valence-electron chi connectivity index (χ0n) is 13.8. The molecule has 1 aromatic heterocycles. The van der Waals surface area contributed by atoms with E-state index in [9.17, 15) is 4.79 Å². The van der Waals surface area contributed by atoms with Crippen molar-refractivity contribution in [1.29, 1.82) is 5.26 Å². The van der Waals surface area contributed by atoms with Crippen LogP contribution in [0.4, 0.5) is 5.69 Å². The molecule has 2 aromatic carbocycles. The van der Waals surface area contributed by atoms with Crippen LogP contribution in [0.2, 0.25) is 0 Å². The molecule has 0 fully saturated rings. The summed E-state index contributed by atoms with van der Waals surface area (Å²) in [6, 6.07) is 18.6. The monoisotopic (exact) mass is 331 g/mol. The molecular weight excluding hydrogens is 314 g/mol. The SMILES string of the molecule is Cc1oc(-c2ccccc2)nc1CCC(=O)Nc1ccccc1C#N. The van der Waals surface area contributed by atoms with E-state index in [-0.39, 0.29) is 12.3 Å². The largest absolute Gasteiger partial charge is 0.441 e. The van der Waals surface area contributed by atoms with Gasteiger partial charge in [0.15, 0.2) is 0 Å². The minimum Gasteiger partial charge on any atom is -0.441 e. The molecule has 0 unspecified atom stereocenters. The Morgan fingerprint density at radius 1 is 1.16 bits per heavy atom. The molecule has 1 heterocycles. The highest BCUT2D eigenvalue weighted by atomic mass is 16.4. The van der Waals surface area contributed by atoms with Gasteiger partial charge in [-0.2, -0.15) is 5.26 Å². The standard InChI is InChI=1S/C20H17N3O2/c1-14-17(23-20(25-14)15-7-3-2-4-8-15)11-12-19(24)22-18-10-6-5-9-16(18)13-21/h2-10H,11-12H2,1H3,(H,22,24). The molecule has 0 aliphatic rings. The van der Waals surface area contributed by atoms with Gasteiger partial charge in [-0.3, -0.25) is 4.79 Å². The van der Waals surface area contributed by atoms with Crippen molar-refractivity contribution < 1.29 is 9.21 Å². The van der Waals surface area contributed by atoms with Crippen LogP contribution in [-0.4, -0.2) is 10.9 Å². The lowest BCUT2D eigenvalue weighted by Crippen LogP contribution is -2.13. The average molecular weight is 331 g/mol. The summed E-state index contributed by atoms with van der Waals surface area (Å²) in [6.07, 6.45) is 0.740. The van der Waals surface area contributed by atoms with E-state index in [0.29, 0.717) is 29.3 Å². The van der Waals surface area contributed by atoms with Crippen LogP contribution in [0.1, 0.15) is 23.4 Å². The number of hydrogen-bond acceptors (Lipinski definition) is 4. The smallest absolute Gasteiger partial charge is 0.226 e. The zero-order valence-corrected chi connectivity index (χ0v) is 13.8. The third-order valence-corrected chi connectivity index (χ3v) is 3.82. The van der Waals surface area contributed by atoms with E-state index in [1.807, 2.05) is 37.3 Å². The van der Waals surface area contributed by atoms with Crippen molar-refractivity contribution in [1.82, 2.24) is 4.98 Å². The fourth-order valence-electron chi connectivity index (χ4n) is 2.50. The van der Waals surface area contributed by atoms with Crippen molar-refractivity contribution in [2.45, 2.75) is 19.8 Å². The van der Waals surface area contributed by atoms with E-state index >= 15 is 0 Å². The number of aromatic nitrogens is 1. The molecule has 5 nitrogen and oxygen atoms in total. The quantitative estimate of drug-likeness (QED) is 0.763. The second-order valence-electron chi connectivity index (χ2n) is 5.59. The predicted molar refractivity (Wildman–Crippen MR) is 94.8 cm³/mol. The van der Waals surface area contributed by atoms with Crippen LogP contribution in [0.25, 0.3) is 11.5 Å². The molecule has 0 bridgehead atoms. The summed E-state index contributed by atoms with van der Waals surface area (Å²) >= 11 is 0. The molecule has 3 rings (SSSR count). The Morgan fingerprint density at radius 3 is 2.64 bits per heavy atom. The van der Waals surface area contributed by atoms with Gasteiger partial charge in [-0.15, -0.1) is 0 Å².